The molecule has 0 aromatic carbocycles. The number of hydrogen-bond donors (Lipinski definition) is 0. The third-order valence-electron chi connectivity index (χ3n) is 8.71. The molecular formula is C28H54O2Sn. The molecule has 1 heterocycles. The summed E-state index contributed by atoms with van der Waals surface area (Å²) in [5.41, 5.74) is 0. The average Bonchev–Trinajstić information content (AvgIpc) is 3.30. The molecular weight excluding hydrogens is 487 g/mol. The van der Waals surface area contributed by atoms with Gasteiger partial charge in [-0.3, -0.25) is 0 Å². The molecule has 0 aromatic rings. The molecule has 0 spiro atoms. The first-order valence-electron chi connectivity index (χ1n) is 15.0. The van der Waals surface area contributed by atoms with E-state index >= 15 is 0 Å². The monoisotopic (exact) mass is 543 g/mol. The first-order valence-corrected chi connectivity index (χ1v) is 22.1. The maximum atomic E-state index is 9.66. The Labute approximate surface area is 200 Å². The van der Waals surface area contributed by atoms with Crippen LogP contribution in [0.1, 0.15) is 125 Å². The Hall–Kier alpha value is 0.719. The van der Waals surface area contributed by atoms with E-state index in [4.69, 9.17) is 9.47 Å². The van der Waals surface area contributed by atoms with E-state index in [1.165, 1.54) is 116 Å². The van der Waals surface area contributed by atoms with Crippen LogP contribution >= 0.6 is 0 Å². The molecule has 3 heteroatoms. The van der Waals surface area contributed by atoms with Gasteiger partial charge in [0, 0.05) is 0 Å². The summed E-state index contributed by atoms with van der Waals surface area (Å²) in [6.07, 6.45) is 21.7. The van der Waals surface area contributed by atoms with Crippen LogP contribution in [0, 0.1) is 11.8 Å². The van der Waals surface area contributed by atoms with Crippen LogP contribution in [0.2, 0.25) is 17.7 Å². The van der Waals surface area contributed by atoms with Crippen molar-refractivity contribution in [2.24, 2.45) is 11.8 Å². The second kappa shape index (κ2) is 14.2. The van der Waals surface area contributed by atoms with Gasteiger partial charge in [0.2, 0.25) is 0 Å². The third-order valence-corrected chi connectivity index (χ3v) is 23.1. The summed E-state index contributed by atoms with van der Waals surface area (Å²) in [6.45, 7) is 6.99. The standard InChI is InChI=1S/C16H27O2.3C4H9.Sn/c1-12-17-15(13-8-4-2-5-9-13)16(18-12)14-10-6-3-7-11-14;3*1-3-4-2;/h12-16H,1-11H2;3*1,3-4H2,2H3;/t15-,16-;;;;/m1..../s1/i1D;;;;. The molecule has 0 bridgehead atoms. The van der Waals surface area contributed by atoms with Crippen LogP contribution in [0.4, 0.5) is 0 Å². The first kappa shape index (κ1) is 24.8. The van der Waals surface area contributed by atoms with Gasteiger partial charge < -0.3 is 0 Å². The summed E-state index contributed by atoms with van der Waals surface area (Å²) < 4.78 is 27.6. The van der Waals surface area contributed by atoms with Crippen molar-refractivity contribution in [2.45, 2.75) is 160 Å². The van der Waals surface area contributed by atoms with Crippen molar-refractivity contribution in [1.29, 1.82) is 0 Å². The van der Waals surface area contributed by atoms with Crippen LogP contribution < -0.4 is 0 Å². The van der Waals surface area contributed by atoms with E-state index in [0.29, 0.717) is 11.8 Å². The van der Waals surface area contributed by atoms with E-state index in [9.17, 15) is 1.37 Å². The average molecular weight is 542 g/mol. The predicted octanol–water partition coefficient (Wildman–Crippen LogP) is 9.11. The Morgan fingerprint density at radius 1 is 0.645 bits per heavy atom. The van der Waals surface area contributed by atoms with Crippen molar-refractivity contribution in [3.63, 3.8) is 0 Å². The summed E-state index contributed by atoms with van der Waals surface area (Å²) >= 11 is -2.70. The van der Waals surface area contributed by atoms with Crippen molar-refractivity contribution in [3.8, 4) is 0 Å². The predicted molar refractivity (Wildman–Crippen MR) is 136 cm³/mol. The summed E-state index contributed by atoms with van der Waals surface area (Å²) in [6, 6.07) is 0. The fourth-order valence-electron chi connectivity index (χ4n) is 6.76. The van der Waals surface area contributed by atoms with Crippen LogP contribution in [0.5, 0.6) is 0 Å². The molecule has 182 valence electrons. The van der Waals surface area contributed by atoms with E-state index in [-0.39, 0.29) is 22.9 Å². The van der Waals surface area contributed by atoms with E-state index in [0.717, 1.165) is 0 Å². The van der Waals surface area contributed by atoms with Crippen molar-refractivity contribution >= 4 is 18.4 Å². The minimum absolute atomic E-state index is 0.0337. The second-order valence-corrected chi connectivity index (χ2v) is 24.2. The Balaban J connectivity index is 1.79. The van der Waals surface area contributed by atoms with Gasteiger partial charge in [0.05, 0.1) is 0 Å². The molecule has 2 nitrogen and oxygen atoms in total. The van der Waals surface area contributed by atoms with Gasteiger partial charge >= 0.3 is 201 Å². The van der Waals surface area contributed by atoms with Gasteiger partial charge in [0.1, 0.15) is 0 Å². The fraction of sp³-hybridized carbons (Fsp3) is 1.00. The Morgan fingerprint density at radius 3 is 1.39 bits per heavy atom. The Kier molecular flexibility index (Phi) is 11.4. The van der Waals surface area contributed by atoms with Gasteiger partial charge in [-0.25, -0.2) is 0 Å². The Bertz CT molecular complexity index is 456. The molecule has 3 fully saturated rings. The zero-order chi connectivity index (χ0) is 22.8. The van der Waals surface area contributed by atoms with Crippen molar-refractivity contribution in [2.75, 3.05) is 0 Å². The van der Waals surface area contributed by atoms with Gasteiger partial charge in [0.15, 0.2) is 0 Å². The zero-order valence-electron chi connectivity index (χ0n) is 22.2. The van der Waals surface area contributed by atoms with Crippen LogP contribution in [-0.2, 0) is 9.47 Å². The van der Waals surface area contributed by atoms with E-state index in [1.807, 2.05) is 0 Å². The van der Waals surface area contributed by atoms with Crippen LogP contribution in [0.25, 0.3) is 0 Å². The van der Waals surface area contributed by atoms with Gasteiger partial charge in [0.25, 0.3) is 0 Å². The van der Waals surface area contributed by atoms with Gasteiger partial charge in [-0.1, -0.05) is 0 Å². The topological polar surface area (TPSA) is 18.5 Å². The molecule has 0 unspecified atom stereocenters. The minimum atomic E-state index is -2.70. The molecule has 31 heavy (non-hydrogen) atoms. The van der Waals surface area contributed by atoms with Crippen LogP contribution in [-0.4, -0.2) is 36.9 Å². The van der Waals surface area contributed by atoms with Gasteiger partial charge in [-0.2, -0.15) is 0 Å². The number of rotatable bonds is 13. The van der Waals surface area contributed by atoms with Gasteiger partial charge in [-0.05, 0) is 0 Å². The molecule has 3 atom stereocenters. The van der Waals surface area contributed by atoms with Crippen molar-refractivity contribution < 1.29 is 10.8 Å². The number of unbranched alkanes of at least 4 members (excludes halogenated alkanes) is 3. The molecule has 0 N–H and O–H groups in total. The molecule has 3 aliphatic rings. The fourth-order valence-corrected chi connectivity index (χ4v) is 21.5. The van der Waals surface area contributed by atoms with E-state index < -0.39 is 18.4 Å². The van der Waals surface area contributed by atoms with Gasteiger partial charge in [-0.15, -0.1) is 0 Å². The molecule has 2 saturated carbocycles. The third kappa shape index (κ3) is 7.88. The summed E-state index contributed by atoms with van der Waals surface area (Å²) in [5, 5.41) is 0. The number of hydrogen-bond acceptors (Lipinski definition) is 2. The van der Waals surface area contributed by atoms with Crippen molar-refractivity contribution in [3.05, 3.63) is 0 Å². The summed E-state index contributed by atoms with van der Waals surface area (Å²) in [7, 11) is 0. The summed E-state index contributed by atoms with van der Waals surface area (Å²) in [5.74, 6) is 1.36. The normalized spacial score (nSPS) is 28.7. The Morgan fingerprint density at radius 2 is 1.03 bits per heavy atom. The summed E-state index contributed by atoms with van der Waals surface area (Å²) in [4.78, 5) is 0. The molecule has 3 rings (SSSR count). The second-order valence-electron chi connectivity index (χ2n) is 11.2. The SMILES string of the molecule is [2H][C@@H](C1O[C@H](C2CCCCC2)[C@@H](C2CCCCC2)O1)[Sn]([CH2]CCC)([CH2]CCC)[CH2]CCC. The zero-order valence-corrected chi connectivity index (χ0v) is 24.1. The quantitative estimate of drug-likeness (QED) is 0.216. The van der Waals surface area contributed by atoms with E-state index in [1.54, 1.807) is 0 Å². The molecule has 0 amide bonds. The first-order chi connectivity index (χ1) is 15.6. The number of ether oxygens (including phenoxy) is 2. The molecule has 2 aliphatic carbocycles. The van der Waals surface area contributed by atoms with Crippen LogP contribution in [0.3, 0.4) is 0 Å². The molecule has 1 saturated heterocycles. The van der Waals surface area contributed by atoms with Crippen LogP contribution in [0.15, 0.2) is 0 Å². The maximum absolute atomic E-state index is 9.66. The molecule has 0 aromatic heterocycles. The van der Waals surface area contributed by atoms with Crippen molar-refractivity contribution in [1.82, 2.24) is 0 Å². The molecule has 0 radical (unpaired) electrons. The van der Waals surface area contributed by atoms with E-state index in [2.05, 4.69) is 20.8 Å². The molecule has 1 aliphatic heterocycles.